The van der Waals surface area contributed by atoms with Crippen molar-refractivity contribution >= 4 is 17.2 Å². The smallest absolute Gasteiger partial charge is 0.274 e. The molecule has 2 aromatic heterocycles. The van der Waals surface area contributed by atoms with Gasteiger partial charge in [0.1, 0.15) is 0 Å². The molecule has 1 aliphatic rings. The fraction of sp³-hybridized carbons (Fsp3) is 0.429. The van der Waals surface area contributed by atoms with E-state index in [1.165, 1.54) is 10.4 Å². The molecule has 2 aromatic rings. The van der Waals surface area contributed by atoms with Gasteiger partial charge in [-0.15, -0.1) is 11.3 Å². The first-order chi connectivity index (χ1) is 9.16. The molecule has 4 nitrogen and oxygen atoms in total. The summed E-state index contributed by atoms with van der Waals surface area (Å²) in [5, 5.41) is 9.26. The van der Waals surface area contributed by atoms with Gasteiger partial charge in [0.25, 0.3) is 5.91 Å². The van der Waals surface area contributed by atoms with Gasteiger partial charge in [-0.25, -0.2) is 0 Å². The third-order valence-electron chi connectivity index (χ3n) is 3.70. The van der Waals surface area contributed by atoms with E-state index >= 15 is 0 Å². The maximum absolute atomic E-state index is 12.5. The van der Waals surface area contributed by atoms with E-state index in [2.05, 4.69) is 28.6 Å². The Labute approximate surface area is 116 Å². The van der Waals surface area contributed by atoms with E-state index in [-0.39, 0.29) is 5.91 Å². The van der Waals surface area contributed by atoms with Gasteiger partial charge in [0.05, 0.1) is 6.54 Å². The van der Waals surface area contributed by atoms with Gasteiger partial charge in [-0.3, -0.25) is 9.89 Å². The number of fused-ring (bicyclic) bond motifs is 1. The minimum atomic E-state index is 0.0206. The van der Waals surface area contributed by atoms with Crippen molar-refractivity contribution in [3.8, 4) is 0 Å². The van der Waals surface area contributed by atoms with E-state index < -0.39 is 0 Å². The van der Waals surface area contributed by atoms with Crippen LogP contribution < -0.4 is 0 Å². The summed E-state index contributed by atoms with van der Waals surface area (Å²) < 4.78 is 0. The number of thiophene rings is 1. The topological polar surface area (TPSA) is 49.0 Å². The molecule has 0 fully saturated rings. The number of aromatic nitrogens is 2. The molecule has 0 aromatic carbocycles. The molecule has 5 heteroatoms. The number of carbonyl (C=O) groups is 1. The highest BCUT2D eigenvalue weighted by atomic mass is 32.1. The van der Waals surface area contributed by atoms with Crippen LogP contribution in [-0.4, -0.2) is 28.1 Å². The molecule has 0 unspecified atom stereocenters. The van der Waals surface area contributed by atoms with Crippen LogP contribution in [0.5, 0.6) is 0 Å². The highest BCUT2D eigenvalue weighted by molar-refractivity contribution is 7.10. The number of H-pyrrole nitrogens is 1. The predicted molar refractivity (Wildman–Crippen MR) is 75.5 cm³/mol. The van der Waals surface area contributed by atoms with Crippen molar-refractivity contribution < 1.29 is 4.79 Å². The van der Waals surface area contributed by atoms with Gasteiger partial charge in [-0.05, 0) is 43.2 Å². The maximum Gasteiger partial charge on any atom is 0.274 e. The molecule has 2 heterocycles. The summed E-state index contributed by atoms with van der Waals surface area (Å²) in [5.41, 5.74) is 4.13. The van der Waals surface area contributed by atoms with Gasteiger partial charge in [0, 0.05) is 23.2 Å². The average molecular weight is 275 g/mol. The van der Waals surface area contributed by atoms with Crippen molar-refractivity contribution in [3.63, 3.8) is 0 Å². The van der Waals surface area contributed by atoms with Gasteiger partial charge in [-0.2, -0.15) is 5.10 Å². The van der Waals surface area contributed by atoms with E-state index in [0.717, 1.165) is 30.5 Å². The van der Waals surface area contributed by atoms with Crippen molar-refractivity contribution in [3.05, 3.63) is 38.8 Å². The van der Waals surface area contributed by atoms with Gasteiger partial charge in [-0.1, -0.05) is 0 Å². The molecule has 1 aliphatic carbocycles. The SMILES string of the molecule is Cc1ccsc1CN(C)C(=O)c1n[nH]c2c1CCC2. The molecule has 0 saturated carbocycles. The zero-order chi connectivity index (χ0) is 13.4. The largest absolute Gasteiger partial charge is 0.335 e. The van der Waals surface area contributed by atoms with E-state index in [0.29, 0.717) is 12.2 Å². The minimum Gasteiger partial charge on any atom is -0.335 e. The average Bonchev–Trinajstić information content (AvgIpc) is 3.05. The van der Waals surface area contributed by atoms with Crippen LogP contribution in [-0.2, 0) is 19.4 Å². The number of carbonyl (C=O) groups excluding carboxylic acids is 1. The fourth-order valence-electron chi connectivity index (χ4n) is 2.53. The second-order valence-electron chi connectivity index (χ2n) is 5.07. The summed E-state index contributed by atoms with van der Waals surface area (Å²) in [7, 11) is 1.84. The molecule has 3 rings (SSSR count). The molecule has 100 valence electrons. The number of aryl methyl sites for hydroxylation is 2. The number of hydrogen-bond donors (Lipinski definition) is 1. The van der Waals surface area contributed by atoms with Crippen LogP contribution in [0.15, 0.2) is 11.4 Å². The lowest BCUT2D eigenvalue weighted by atomic mass is 10.2. The number of hydrogen-bond acceptors (Lipinski definition) is 3. The highest BCUT2D eigenvalue weighted by Gasteiger charge is 2.25. The van der Waals surface area contributed by atoms with Crippen molar-refractivity contribution in [1.29, 1.82) is 0 Å². The predicted octanol–water partition coefficient (Wildman–Crippen LogP) is 2.54. The first-order valence-electron chi connectivity index (χ1n) is 6.51. The van der Waals surface area contributed by atoms with Gasteiger partial charge in [0.15, 0.2) is 5.69 Å². The second kappa shape index (κ2) is 4.81. The number of nitrogens with zero attached hydrogens (tertiary/aromatic N) is 2. The van der Waals surface area contributed by atoms with Crippen LogP contribution in [0.1, 0.15) is 38.6 Å². The Morgan fingerprint density at radius 2 is 2.37 bits per heavy atom. The van der Waals surface area contributed by atoms with Crippen LogP contribution in [0.3, 0.4) is 0 Å². The van der Waals surface area contributed by atoms with Gasteiger partial charge >= 0.3 is 0 Å². The van der Waals surface area contributed by atoms with Crippen LogP contribution in [0.4, 0.5) is 0 Å². The van der Waals surface area contributed by atoms with E-state index in [1.54, 1.807) is 16.2 Å². The lowest BCUT2D eigenvalue weighted by Crippen LogP contribution is -2.27. The lowest BCUT2D eigenvalue weighted by molar-refractivity contribution is 0.0779. The van der Waals surface area contributed by atoms with E-state index in [9.17, 15) is 4.79 Å². The Morgan fingerprint density at radius 3 is 3.11 bits per heavy atom. The summed E-state index contributed by atoms with van der Waals surface area (Å²) in [6.07, 6.45) is 3.11. The Bertz CT molecular complexity index is 614. The first-order valence-corrected chi connectivity index (χ1v) is 7.39. The lowest BCUT2D eigenvalue weighted by Gasteiger charge is -2.16. The van der Waals surface area contributed by atoms with E-state index in [4.69, 9.17) is 0 Å². The number of aromatic amines is 1. The third-order valence-corrected chi connectivity index (χ3v) is 4.71. The fourth-order valence-corrected chi connectivity index (χ4v) is 3.49. The molecule has 0 radical (unpaired) electrons. The minimum absolute atomic E-state index is 0.0206. The molecule has 1 N–H and O–H groups in total. The molecule has 0 atom stereocenters. The molecule has 19 heavy (non-hydrogen) atoms. The molecule has 0 saturated heterocycles. The summed E-state index contributed by atoms with van der Waals surface area (Å²) in [4.78, 5) is 15.4. The van der Waals surface area contributed by atoms with Crippen LogP contribution in [0, 0.1) is 6.92 Å². The summed E-state index contributed by atoms with van der Waals surface area (Å²) >= 11 is 1.70. The van der Waals surface area contributed by atoms with Crippen LogP contribution >= 0.6 is 11.3 Å². The molecule has 0 bridgehead atoms. The zero-order valence-electron chi connectivity index (χ0n) is 11.2. The van der Waals surface area contributed by atoms with Gasteiger partial charge < -0.3 is 4.90 Å². The zero-order valence-corrected chi connectivity index (χ0v) is 12.0. The molecule has 0 spiro atoms. The van der Waals surface area contributed by atoms with Crippen molar-refractivity contribution in [2.75, 3.05) is 7.05 Å². The standard InChI is InChI=1S/C14H17N3OS/c1-9-6-7-19-12(9)8-17(2)14(18)13-10-4-3-5-11(10)15-16-13/h6-7H,3-5,8H2,1-2H3,(H,15,16). The molecular formula is C14H17N3OS. The number of rotatable bonds is 3. The van der Waals surface area contributed by atoms with Gasteiger partial charge in [0.2, 0.25) is 0 Å². The maximum atomic E-state index is 12.5. The molecule has 0 aliphatic heterocycles. The first kappa shape index (κ1) is 12.4. The quantitative estimate of drug-likeness (QED) is 0.935. The van der Waals surface area contributed by atoms with Crippen LogP contribution in [0.25, 0.3) is 0 Å². The number of amides is 1. The number of nitrogens with one attached hydrogen (secondary N) is 1. The Hall–Kier alpha value is -1.62. The highest BCUT2D eigenvalue weighted by Crippen LogP contribution is 2.24. The summed E-state index contributed by atoms with van der Waals surface area (Å²) in [6, 6.07) is 2.09. The summed E-state index contributed by atoms with van der Waals surface area (Å²) in [6.45, 7) is 2.74. The molecular weight excluding hydrogens is 258 g/mol. The Balaban J connectivity index is 1.78. The monoisotopic (exact) mass is 275 g/mol. The second-order valence-corrected chi connectivity index (χ2v) is 6.07. The van der Waals surface area contributed by atoms with Crippen molar-refractivity contribution in [2.24, 2.45) is 0 Å². The van der Waals surface area contributed by atoms with Crippen molar-refractivity contribution in [1.82, 2.24) is 15.1 Å². The van der Waals surface area contributed by atoms with Crippen molar-refractivity contribution in [2.45, 2.75) is 32.7 Å². The normalized spacial score (nSPS) is 13.6. The third kappa shape index (κ3) is 2.18. The van der Waals surface area contributed by atoms with Crippen LogP contribution in [0.2, 0.25) is 0 Å². The summed E-state index contributed by atoms with van der Waals surface area (Å²) in [5.74, 6) is 0.0206. The Kier molecular flexibility index (Phi) is 3.14. The molecule has 1 amide bonds. The van der Waals surface area contributed by atoms with E-state index in [1.807, 2.05) is 7.05 Å². The Morgan fingerprint density at radius 1 is 1.53 bits per heavy atom.